The zero-order chi connectivity index (χ0) is 26.4. The molecular weight excluding hydrogens is 474 g/mol. The summed E-state index contributed by atoms with van der Waals surface area (Å²) in [5, 5.41) is 18.3. The Hall–Kier alpha value is -1.89. The summed E-state index contributed by atoms with van der Waals surface area (Å²) in [4.78, 5) is 24.6. The summed E-state index contributed by atoms with van der Waals surface area (Å²) in [5.74, 6) is -1.48. The summed E-state index contributed by atoms with van der Waals surface area (Å²) < 4.78 is 5.93. The molecule has 206 valence electrons. The average molecular weight is 524 g/mol. The van der Waals surface area contributed by atoms with E-state index in [1.54, 1.807) is 12.1 Å². The average Bonchev–Trinajstić information content (AvgIpc) is 2.84. The summed E-state index contributed by atoms with van der Waals surface area (Å²) in [5.41, 5.74) is 0.550. The first-order chi connectivity index (χ1) is 17.5. The van der Waals surface area contributed by atoms with E-state index >= 15 is 0 Å². The van der Waals surface area contributed by atoms with Crippen LogP contribution in [0.15, 0.2) is 23.1 Å². The standard InChI is InChI=1S/C29H49NO5S/c1-3-4-5-6-7-8-9-10-11-12-13-14-15-16-17-18-19-35-26-20-25(21-27(22-26)36-2)30(23-28(31)32)24-29(33)34/h20-22H,3-19,23-24H2,1-2H3,(H,31,32)(H,33,34). The number of rotatable bonds is 24. The minimum absolute atomic E-state index is 0.372. The maximum Gasteiger partial charge on any atom is 0.323 e. The third kappa shape index (κ3) is 16.7. The van der Waals surface area contributed by atoms with Crippen molar-refractivity contribution in [2.45, 2.75) is 115 Å². The van der Waals surface area contributed by atoms with Crippen molar-refractivity contribution >= 4 is 29.4 Å². The highest BCUT2D eigenvalue weighted by molar-refractivity contribution is 7.98. The number of benzene rings is 1. The highest BCUT2D eigenvalue weighted by atomic mass is 32.2. The lowest BCUT2D eigenvalue weighted by Gasteiger charge is -2.22. The number of hydrogen-bond acceptors (Lipinski definition) is 5. The van der Waals surface area contributed by atoms with Crippen LogP contribution in [0, 0.1) is 0 Å². The highest BCUT2D eigenvalue weighted by Crippen LogP contribution is 2.29. The van der Waals surface area contributed by atoms with E-state index in [4.69, 9.17) is 14.9 Å². The van der Waals surface area contributed by atoms with Gasteiger partial charge in [0.15, 0.2) is 0 Å². The van der Waals surface area contributed by atoms with E-state index in [9.17, 15) is 9.59 Å². The van der Waals surface area contributed by atoms with Crippen LogP contribution in [0.1, 0.15) is 110 Å². The van der Waals surface area contributed by atoms with Crippen molar-refractivity contribution in [1.29, 1.82) is 0 Å². The van der Waals surface area contributed by atoms with E-state index in [0.717, 1.165) is 17.7 Å². The van der Waals surface area contributed by atoms with Crippen LogP contribution in [-0.2, 0) is 9.59 Å². The number of hydrogen-bond donors (Lipinski definition) is 2. The number of ether oxygens (including phenoxy) is 1. The van der Waals surface area contributed by atoms with E-state index < -0.39 is 11.9 Å². The minimum Gasteiger partial charge on any atom is -0.493 e. The van der Waals surface area contributed by atoms with Crippen LogP contribution in [0.25, 0.3) is 0 Å². The van der Waals surface area contributed by atoms with Crippen molar-refractivity contribution < 1.29 is 24.5 Å². The molecule has 0 aliphatic carbocycles. The smallest absolute Gasteiger partial charge is 0.323 e. The molecule has 0 radical (unpaired) electrons. The molecule has 0 saturated carbocycles. The van der Waals surface area contributed by atoms with Gasteiger partial charge in [-0.05, 0) is 24.8 Å². The quantitative estimate of drug-likeness (QED) is 0.105. The lowest BCUT2D eigenvalue weighted by molar-refractivity contribution is -0.136. The number of aliphatic carboxylic acids is 2. The summed E-state index contributed by atoms with van der Waals surface area (Å²) in [7, 11) is 0. The third-order valence-electron chi connectivity index (χ3n) is 6.38. The zero-order valence-electron chi connectivity index (χ0n) is 22.6. The van der Waals surface area contributed by atoms with Crippen LogP contribution in [0.2, 0.25) is 0 Å². The lowest BCUT2D eigenvalue weighted by Crippen LogP contribution is -2.34. The molecule has 0 saturated heterocycles. The second-order valence-electron chi connectivity index (χ2n) is 9.66. The van der Waals surface area contributed by atoms with Crippen molar-refractivity contribution in [3.63, 3.8) is 0 Å². The van der Waals surface area contributed by atoms with Crippen molar-refractivity contribution in [2.24, 2.45) is 0 Å². The van der Waals surface area contributed by atoms with Gasteiger partial charge < -0.3 is 19.8 Å². The summed E-state index contributed by atoms with van der Waals surface area (Å²) in [6.45, 7) is 2.13. The maximum absolute atomic E-state index is 11.2. The molecule has 6 nitrogen and oxygen atoms in total. The fourth-order valence-corrected chi connectivity index (χ4v) is 4.82. The lowest BCUT2D eigenvalue weighted by atomic mass is 10.0. The Morgan fingerprint density at radius 2 is 1.17 bits per heavy atom. The number of carboxylic acid groups (broad SMARTS) is 2. The van der Waals surface area contributed by atoms with Gasteiger partial charge in [0.05, 0.1) is 6.61 Å². The Balaban J connectivity index is 2.17. The number of thioether (sulfide) groups is 1. The summed E-state index contributed by atoms with van der Waals surface area (Å²) >= 11 is 1.52. The van der Waals surface area contributed by atoms with Gasteiger partial charge in [0.2, 0.25) is 0 Å². The molecule has 0 amide bonds. The van der Waals surface area contributed by atoms with Crippen molar-refractivity contribution in [2.75, 3.05) is 30.9 Å². The van der Waals surface area contributed by atoms with Crippen LogP contribution < -0.4 is 9.64 Å². The molecule has 36 heavy (non-hydrogen) atoms. The molecule has 0 spiro atoms. The SMILES string of the molecule is CCCCCCCCCCCCCCCCCCOc1cc(SC)cc(N(CC(=O)O)CC(=O)O)c1. The topological polar surface area (TPSA) is 87.1 Å². The van der Waals surface area contributed by atoms with Gasteiger partial charge in [-0.3, -0.25) is 9.59 Å². The molecule has 0 bridgehead atoms. The molecule has 0 aliphatic heterocycles. The molecule has 1 aromatic carbocycles. The van der Waals surface area contributed by atoms with Gasteiger partial charge in [-0.15, -0.1) is 11.8 Å². The molecule has 1 aromatic rings. The van der Waals surface area contributed by atoms with Crippen molar-refractivity contribution in [3.8, 4) is 5.75 Å². The Labute approximate surface area is 223 Å². The first-order valence-electron chi connectivity index (χ1n) is 14.0. The molecule has 0 heterocycles. The van der Waals surface area contributed by atoms with Gasteiger partial charge in [0.25, 0.3) is 0 Å². The fourth-order valence-electron chi connectivity index (χ4n) is 4.35. The summed E-state index contributed by atoms with van der Waals surface area (Å²) in [6.07, 6.45) is 23.2. The number of anilines is 1. The van der Waals surface area contributed by atoms with Gasteiger partial charge in [0, 0.05) is 16.6 Å². The Morgan fingerprint density at radius 3 is 1.58 bits per heavy atom. The molecule has 0 aliphatic rings. The Morgan fingerprint density at radius 1 is 0.722 bits per heavy atom. The second-order valence-corrected chi connectivity index (χ2v) is 10.5. The minimum atomic E-state index is -1.07. The molecule has 1 rings (SSSR count). The van der Waals surface area contributed by atoms with Crippen LogP contribution in [-0.4, -0.2) is 48.1 Å². The van der Waals surface area contributed by atoms with Crippen molar-refractivity contribution in [3.05, 3.63) is 18.2 Å². The number of carboxylic acids is 2. The van der Waals surface area contributed by atoms with Crippen molar-refractivity contribution in [1.82, 2.24) is 0 Å². The monoisotopic (exact) mass is 523 g/mol. The normalized spacial score (nSPS) is 10.9. The number of nitrogens with zero attached hydrogens (tertiary/aromatic N) is 1. The van der Waals surface area contributed by atoms with Gasteiger partial charge in [-0.25, -0.2) is 0 Å². The van der Waals surface area contributed by atoms with Crippen LogP contribution in [0.3, 0.4) is 0 Å². The second kappa shape index (κ2) is 21.2. The van der Waals surface area contributed by atoms with E-state index in [0.29, 0.717) is 18.0 Å². The number of unbranched alkanes of at least 4 members (excludes halogenated alkanes) is 15. The summed E-state index contributed by atoms with van der Waals surface area (Å²) in [6, 6.07) is 5.45. The van der Waals surface area contributed by atoms with Crippen LogP contribution in [0.5, 0.6) is 5.75 Å². The van der Waals surface area contributed by atoms with E-state index in [2.05, 4.69) is 6.92 Å². The van der Waals surface area contributed by atoms with E-state index in [1.807, 2.05) is 12.3 Å². The predicted molar refractivity (Wildman–Crippen MR) is 151 cm³/mol. The number of carbonyl (C=O) groups is 2. The molecule has 2 N–H and O–H groups in total. The first kappa shape index (κ1) is 32.1. The maximum atomic E-state index is 11.2. The fraction of sp³-hybridized carbons (Fsp3) is 0.724. The predicted octanol–water partition coefficient (Wildman–Crippen LogP) is 8.02. The Bertz CT molecular complexity index is 712. The van der Waals surface area contributed by atoms with E-state index in [1.165, 1.54) is 107 Å². The van der Waals surface area contributed by atoms with Crippen LogP contribution in [0.4, 0.5) is 5.69 Å². The molecular formula is C29H49NO5S. The molecule has 7 heteroatoms. The van der Waals surface area contributed by atoms with Crippen LogP contribution >= 0.6 is 11.8 Å². The molecule has 0 fully saturated rings. The zero-order valence-corrected chi connectivity index (χ0v) is 23.5. The van der Waals surface area contributed by atoms with E-state index in [-0.39, 0.29) is 13.1 Å². The highest BCUT2D eigenvalue weighted by Gasteiger charge is 2.16. The third-order valence-corrected chi connectivity index (χ3v) is 7.09. The molecule has 0 unspecified atom stereocenters. The molecule has 0 atom stereocenters. The first-order valence-corrected chi connectivity index (χ1v) is 15.2. The van der Waals surface area contributed by atoms with Gasteiger partial charge in [-0.2, -0.15) is 0 Å². The van der Waals surface area contributed by atoms with Gasteiger partial charge in [0.1, 0.15) is 18.8 Å². The van der Waals surface area contributed by atoms with Gasteiger partial charge in [-0.1, -0.05) is 103 Å². The largest absolute Gasteiger partial charge is 0.493 e. The van der Waals surface area contributed by atoms with Gasteiger partial charge >= 0.3 is 11.9 Å². The Kier molecular flexibility index (Phi) is 18.9. The molecule has 0 aromatic heterocycles.